The van der Waals surface area contributed by atoms with Crippen LogP contribution < -0.4 is 0 Å². The van der Waals surface area contributed by atoms with Gasteiger partial charge in [-0.15, -0.1) is 0 Å². The number of hydrogen-bond acceptors (Lipinski definition) is 3. The Balaban J connectivity index is 1.47. The summed E-state index contributed by atoms with van der Waals surface area (Å²) in [6.45, 7) is 7.85. The zero-order valence-electron chi connectivity index (χ0n) is 17.2. The van der Waals surface area contributed by atoms with Gasteiger partial charge in [-0.1, -0.05) is 35.9 Å². The molecule has 0 radical (unpaired) electrons. The molecule has 29 heavy (non-hydrogen) atoms. The number of sulfonamides is 1. The predicted octanol–water partition coefficient (Wildman–Crippen LogP) is 4.42. The Hall–Kier alpha value is -1.40. The molecule has 2 aromatic carbocycles. The van der Waals surface area contributed by atoms with E-state index in [1.54, 1.807) is 16.4 Å². The van der Waals surface area contributed by atoms with E-state index in [4.69, 9.17) is 11.6 Å². The highest BCUT2D eigenvalue weighted by Crippen LogP contribution is 2.30. The van der Waals surface area contributed by atoms with E-state index in [-0.39, 0.29) is 0 Å². The van der Waals surface area contributed by atoms with Crippen molar-refractivity contribution < 1.29 is 8.42 Å². The molecule has 0 spiro atoms. The van der Waals surface area contributed by atoms with Crippen molar-refractivity contribution in [2.24, 2.45) is 5.92 Å². The van der Waals surface area contributed by atoms with Gasteiger partial charge < -0.3 is 0 Å². The van der Waals surface area contributed by atoms with Gasteiger partial charge in [0.05, 0.1) is 4.90 Å². The lowest BCUT2D eigenvalue weighted by Gasteiger charge is -2.37. The second kappa shape index (κ2) is 8.38. The molecule has 1 unspecified atom stereocenters. The molecule has 2 heterocycles. The van der Waals surface area contributed by atoms with Crippen LogP contribution in [0.2, 0.25) is 5.02 Å². The molecule has 0 aliphatic carbocycles. The fraction of sp³-hybridized carbons (Fsp3) is 0.478. The van der Waals surface area contributed by atoms with Crippen LogP contribution >= 0.6 is 11.6 Å². The molecule has 6 heteroatoms. The van der Waals surface area contributed by atoms with Crippen molar-refractivity contribution in [1.82, 2.24) is 9.21 Å². The summed E-state index contributed by atoms with van der Waals surface area (Å²) in [6, 6.07) is 12.1. The first-order valence-corrected chi connectivity index (χ1v) is 12.2. The van der Waals surface area contributed by atoms with Gasteiger partial charge in [-0.25, -0.2) is 8.42 Å². The molecule has 156 valence electrons. The summed E-state index contributed by atoms with van der Waals surface area (Å²) < 4.78 is 28.4. The highest BCUT2D eigenvalue weighted by Gasteiger charge is 2.32. The minimum atomic E-state index is -3.50. The smallest absolute Gasteiger partial charge is 0.243 e. The molecule has 2 aliphatic heterocycles. The fourth-order valence-electron chi connectivity index (χ4n) is 4.64. The summed E-state index contributed by atoms with van der Waals surface area (Å²) in [5.41, 5.74) is 4.38. The third kappa shape index (κ3) is 4.38. The summed E-state index contributed by atoms with van der Waals surface area (Å²) in [5, 5.41) is 0.614. The van der Waals surface area contributed by atoms with Crippen molar-refractivity contribution in [3.63, 3.8) is 0 Å². The molecule has 0 N–H and O–H groups in total. The highest BCUT2D eigenvalue weighted by atomic mass is 35.5. The van der Waals surface area contributed by atoms with Crippen LogP contribution in [0.25, 0.3) is 0 Å². The van der Waals surface area contributed by atoms with Gasteiger partial charge in [-0.2, -0.15) is 4.31 Å². The topological polar surface area (TPSA) is 40.6 Å². The van der Waals surface area contributed by atoms with Crippen molar-refractivity contribution in [3.05, 3.63) is 63.7 Å². The summed E-state index contributed by atoms with van der Waals surface area (Å²) in [7, 11) is -3.50. The molecule has 0 amide bonds. The maximum atomic E-state index is 13.3. The monoisotopic (exact) mass is 432 g/mol. The second-order valence-electron chi connectivity index (χ2n) is 8.49. The molecule has 0 aromatic heterocycles. The SMILES string of the molecule is Cc1cc(S(=O)(=O)N2CCCC(CN3CCc4ccccc4C3)C2)c(C)cc1Cl. The molecule has 1 atom stereocenters. The molecule has 4 rings (SSSR count). The third-order valence-corrected chi connectivity index (χ3v) is 8.70. The summed E-state index contributed by atoms with van der Waals surface area (Å²) in [5.74, 6) is 0.373. The van der Waals surface area contributed by atoms with E-state index in [0.717, 1.165) is 50.0 Å². The first kappa shape index (κ1) is 20.9. The molecule has 0 bridgehead atoms. The molecular weight excluding hydrogens is 404 g/mol. The number of benzene rings is 2. The van der Waals surface area contributed by atoms with Gasteiger partial charge in [0.15, 0.2) is 0 Å². The Morgan fingerprint density at radius 1 is 1.07 bits per heavy atom. The second-order valence-corrected chi connectivity index (χ2v) is 10.8. The molecule has 2 aliphatic rings. The number of piperidine rings is 1. The lowest BCUT2D eigenvalue weighted by Crippen LogP contribution is -2.44. The van der Waals surface area contributed by atoms with E-state index in [9.17, 15) is 8.42 Å². The lowest BCUT2D eigenvalue weighted by molar-refractivity contribution is 0.167. The molecule has 0 saturated carbocycles. The summed E-state index contributed by atoms with van der Waals surface area (Å²) >= 11 is 6.18. The zero-order valence-corrected chi connectivity index (χ0v) is 18.8. The molecule has 4 nitrogen and oxygen atoms in total. The van der Waals surface area contributed by atoms with E-state index < -0.39 is 10.0 Å². The van der Waals surface area contributed by atoms with Gasteiger partial charge in [0.25, 0.3) is 0 Å². The van der Waals surface area contributed by atoms with Gasteiger partial charge in [0, 0.05) is 37.7 Å². The maximum Gasteiger partial charge on any atom is 0.243 e. The lowest BCUT2D eigenvalue weighted by atomic mass is 9.95. The first-order valence-electron chi connectivity index (χ1n) is 10.4. The van der Waals surface area contributed by atoms with Crippen molar-refractivity contribution in [2.45, 2.75) is 44.6 Å². The van der Waals surface area contributed by atoms with Gasteiger partial charge in [0.1, 0.15) is 0 Å². The van der Waals surface area contributed by atoms with E-state index in [1.807, 2.05) is 13.8 Å². The van der Waals surface area contributed by atoms with Gasteiger partial charge in [-0.3, -0.25) is 4.90 Å². The zero-order chi connectivity index (χ0) is 20.6. The van der Waals surface area contributed by atoms with Crippen LogP contribution in [-0.4, -0.2) is 43.8 Å². The van der Waals surface area contributed by atoms with Crippen molar-refractivity contribution in [1.29, 1.82) is 0 Å². The number of aryl methyl sites for hydroxylation is 2. The van der Waals surface area contributed by atoms with Gasteiger partial charge in [-0.05, 0) is 73.4 Å². The third-order valence-electron chi connectivity index (χ3n) is 6.28. The summed E-state index contributed by atoms with van der Waals surface area (Å²) in [6.07, 6.45) is 3.08. The average Bonchev–Trinajstić information content (AvgIpc) is 2.71. The number of fused-ring (bicyclic) bond motifs is 1. The Morgan fingerprint density at radius 3 is 2.62 bits per heavy atom. The highest BCUT2D eigenvalue weighted by molar-refractivity contribution is 7.89. The normalized spacial score (nSPS) is 21.1. The molecule has 2 aromatic rings. The van der Waals surface area contributed by atoms with Crippen LogP contribution in [0, 0.1) is 19.8 Å². The average molecular weight is 433 g/mol. The molecular formula is C23H29ClN2O2S. The Labute approximate surface area is 179 Å². The minimum absolute atomic E-state index is 0.373. The van der Waals surface area contributed by atoms with Crippen molar-refractivity contribution >= 4 is 21.6 Å². The van der Waals surface area contributed by atoms with Crippen LogP contribution in [0.1, 0.15) is 35.1 Å². The van der Waals surface area contributed by atoms with Crippen LogP contribution in [0.5, 0.6) is 0 Å². The Morgan fingerprint density at radius 2 is 1.83 bits per heavy atom. The number of nitrogens with zero attached hydrogens (tertiary/aromatic N) is 2. The van der Waals surface area contributed by atoms with Crippen molar-refractivity contribution in [3.8, 4) is 0 Å². The van der Waals surface area contributed by atoms with E-state index in [0.29, 0.717) is 28.9 Å². The first-order chi connectivity index (χ1) is 13.8. The largest absolute Gasteiger partial charge is 0.298 e. The Kier molecular flexibility index (Phi) is 6.03. The minimum Gasteiger partial charge on any atom is -0.298 e. The van der Waals surface area contributed by atoms with Crippen molar-refractivity contribution in [2.75, 3.05) is 26.2 Å². The Bertz CT molecular complexity index is 1010. The van der Waals surface area contributed by atoms with Crippen LogP contribution in [-0.2, 0) is 23.0 Å². The number of rotatable bonds is 4. The van der Waals surface area contributed by atoms with Gasteiger partial charge >= 0.3 is 0 Å². The van der Waals surface area contributed by atoms with E-state index in [1.165, 1.54) is 11.1 Å². The quantitative estimate of drug-likeness (QED) is 0.718. The maximum absolute atomic E-state index is 13.3. The van der Waals surface area contributed by atoms with Crippen LogP contribution in [0.4, 0.5) is 0 Å². The van der Waals surface area contributed by atoms with E-state index in [2.05, 4.69) is 29.2 Å². The number of halogens is 1. The van der Waals surface area contributed by atoms with Crippen LogP contribution in [0.15, 0.2) is 41.3 Å². The molecule has 1 fully saturated rings. The summed E-state index contributed by atoms with van der Waals surface area (Å²) in [4.78, 5) is 2.88. The standard InChI is InChI=1S/C23H29ClN2O2S/c1-17-13-23(18(2)12-22(17)24)29(27,28)26-10-5-6-19(15-26)14-25-11-9-20-7-3-4-8-21(20)16-25/h3-4,7-8,12-13,19H,5-6,9-11,14-16H2,1-2H3. The van der Waals surface area contributed by atoms with E-state index >= 15 is 0 Å². The fourth-order valence-corrected chi connectivity index (χ4v) is 6.71. The van der Waals surface area contributed by atoms with Crippen LogP contribution in [0.3, 0.4) is 0 Å². The van der Waals surface area contributed by atoms with Gasteiger partial charge in [0.2, 0.25) is 10.0 Å². The number of hydrogen-bond donors (Lipinski definition) is 0. The molecule has 1 saturated heterocycles. The predicted molar refractivity (Wildman–Crippen MR) is 118 cm³/mol.